The quantitative estimate of drug-likeness (QED) is 0.649. The molecule has 6 heteroatoms. The van der Waals surface area contributed by atoms with E-state index in [1.165, 1.54) is 17.2 Å². The van der Waals surface area contributed by atoms with Gasteiger partial charge in [-0.3, -0.25) is 4.79 Å². The number of pyridine rings is 1. The highest BCUT2D eigenvalue weighted by Crippen LogP contribution is 2.30. The first-order valence-corrected chi connectivity index (χ1v) is 8.46. The molecule has 3 rings (SSSR count). The molecule has 0 saturated heterocycles. The Labute approximate surface area is 146 Å². The molecular weight excluding hydrogens is 316 g/mol. The summed E-state index contributed by atoms with van der Waals surface area (Å²) in [4.78, 5) is 11.8. The van der Waals surface area contributed by atoms with Crippen LogP contribution < -0.4 is 5.56 Å². The lowest BCUT2D eigenvalue weighted by atomic mass is 9.88. The lowest BCUT2D eigenvalue weighted by molar-refractivity contribution is 0.452. The van der Waals surface area contributed by atoms with Gasteiger partial charge in [0.05, 0.1) is 11.9 Å². The van der Waals surface area contributed by atoms with E-state index in [2.05, 4.69) is 34.5 Å². The Morgan fingerprint density at radius 3 is 2.80 bits per heavy atom. The van der Waals surface area contributed by atoms with Crippen LogP contribution >= 0.6 is 0 Å². The van der Waals surface area contributed by atoms with Crippen molar-refractivity contribution < 1.29 is 5.11 Å². The Bertz CT molecular complexity index is 871. The van der Waals surface area contributed by atoms with Crippen LogP contribution in [0.25, 0.3) is 0 Å². The van der Waals surface area contributed by atoms with Gasteiger partial charge < -0.3 is 9.67 Å². The summed E-state index contributed by atoms with van der Waals surface area (Å²) in [5.41, 5.74) is 3.09. The van der Waals surface area contributed by atoms with E-state index >= 15 is 0 Å². The molecule has 0 bridgehead atoms. The third kappa shape index (κ3) is 3.96. The summed E-state index contributed by atoms with van der Waals surface area (Å²) in [5.74, 6) is -0.0243. The average molecular weight is 338 g/mol. The SMILES string of the molecule is Cc1ccccc1C(CCCCn1cccc(O)c1=O)c1cn[nH]n1. The fourth-order valence-corrected chi connectivity index (χ4v) is 3.15. The number of nitrogens with one attached hydrogen (secondary N) is 1. The molecule has 0 radical (unpaired) electrons. The van der Waals surface area contributed by atoms with Crippen molar-refractivity contribution in [2.24, 2.45) is 0 Å². The number of aromatic nitrogens is 4. The molecule has 6 nitrogen and oxygen atoms in total. The molecule has 3 aromatic rings. The Balaban J connectivity index is 1.67. The number of rotatable bonds is 7. The fourth-order valence-electron chi connectivity index (χ4n) is 3.15. The predicted octanol–water partition coefficient (Wildman–Crippen LogP) is 2.98. The van der Waals surface area contributed by atoms with Gasteiger partial charge in [-0.05, 0) is 43.0 Å². The molecule has 0 amide bonds. The van der Waals surface area contributed by atoms with E-state index in [1.807, 2.05) is 12.1 Å². The van der Waals surface area contributed by atoms with Crippen molar-refractivity contribution in [3.8, 4) is 5.75 Å². The Morgan fingerprint density at radius 2 is 2.04 bits per heavy atom. The summed E-state index contributed by atoms with van der Waals surface area (Å²) in [5, 5.41) is 20.4. The van der Waals surface area contributed by atoms with Crippen LogP contribution in [0.5, 0.6) is 5.75 Å². The molecular formula is C19H22N4O2. The molecule has 2 aromatic heterocycles. The topological polar surface area (TPSA) is 83.8 Å². The van der Waals surface area contributed by atoms with Gasteiger partial charge in [-0.2, -0.15) is 15.4 Å². The number of H-pyrrole nitrogens is 1. The second-order valence-corrected chi connectivity index (χ2v) is 6.19. The van der Waals surface area contributed by atoms with E-state index in [-0.39, 0.29) is 17.2 Å². The number of unbranched alkanes of at least 4 members (excludes halogenated alkanes) is 1. The van der Waals surface area contributed by atoms with Crippen LogP contribution in [-0.2, 0) is 6.54 Å². The number of aromatic amines is 1. The molecule has 2 heterocycles. The van der Waals surface area contributed by atoms with E-state index in [9.17, 15) is 9.90 Å². The molecule has 130 valence electrons. The fraction of sp³-hybridized carbons (Fsp3) is 0.316. The first kappa shape index (κ1) is 17.0. The number of hydrogen-bond acceptors (Lipinski definition) is 4. The van der Waals surface area contributed by atoms with Crippen LogP contribution in [0.1, 0.15) is 42.0 Å². The summed E-state index contributed by atoms with van der Waals surface area (Å²) < 4.78 is 1.55. The molecule has 25 heavy (non-hydrogen) atoms. The maximum atomic E-state index is 11.8. The normalized spacial score (nSPS) is 12.2. The number of aryl methyl sites for hydroxylation is 2. The minimum atomic E-state index is -0.338. The number of aromatic hydroxyl groups is 1. The first-order chi connectivity index (χ1) is 12.2. The Kier molecular flexibility index (Phi) is 5.28. The van der Waals surface area contributed by atoms with E-state index in [4.69, 9.17) is 0 Å². The predicted molar refractivity (Wildman–Crippen MR) is 95.6 cm³/mol. The van der Waals surface area contributed by atoms with Crippen molar-refractivity contribution in [3.63, 3.8) is 0 Å². The molecule has 1 atom stereocenters. The van der Waals surface area contributed by atoms with Crippen molar-refractivity contribution >= 4 is 0 Å². The van der Waals surface area contributed by atoms with E-state index in [0.717, 1.165) is 25.0 Å². The van der Waals surface area contributed by atoms with Gasteiger partial charge in [0.2, 0.25) is 0 Å². The summed E-state index contributed by atoms with van der Waals surface area (Å²) in [6, 6.07) is 11.4. The number of nitrogens with zero attached hydrogens (tertiary/aromatic N) is 3. The zero-order valence-corrected chi connectivity index (χ0v) is 14.2. The van der Waals surface area contributed by atoms with Crippen LogP contribution in [-0.4, -0.2) is 25.1 Å². The van der Waals surface area contributed by atoms with Gasteiger partial charge in [0, 0.05) is 18.7 Å². The maximum absolute atomic E-state index is 11.8. The molecule has 0 fully saturated rings. The van der Waals surface area contributed by atoms with Crippen molar-refractivity contribution in [2.45, 2.75) is 38.6 Å². The maximum Gasteiger partial charge on any atom is 0.292 e. The minimum absolute atomic E-state index is 0.181. The van der Waals surface area contributed by atoms with Gasteiger partial charge >= 0.3 is 0 Å². The highest BCUT2D eigenvalue weighted by molar-refractivity contribution is 5.33. The molecule has 2 N–H and O–H groups in total. The summed E-state index contributed by atoms with van der Waals surface area (Å²) >= 11 is 0. The number of hydrogen-bond donors (Lipinski definition) is 2. The van der Waals surface area contributed by atoms with Crippen LogP contribution in [0.2, 0.25) is 0 Å². The van der Waals surface area contributed by atoms with Crippen molar-refractivity contribution in [1.29, 1.82) is 0 Å². The van der Waals surface area contributed by atoms with Crippen molar-refractivity contribution in [2.75, 3.05) is 0 Å². The van der Waals surface area contributed by atoms with Crippen LogP contribution in [0.3, 0.4) is 0 Å². The molecule has 0 spiro atoms. The minimum Gasteiger partial charge on any atom is -0.503 e. The zero-order chi connectivity index (χ0) is 17.6. The Hall–Kier alpha value is -2.89. The lowest BCUT2D eigenvalue weighted by Crippen LogP contribution is -2.18. The molecule has 1 aromatic carbocycles. The third-order valence-electron chi connectivity index (χ3n) is 4.50. The number of benzene rings is 1. The molecule has 0 aliphatic rings. The van der Waals surface area contributed by atoms with Gasteiger partial charge in [-0.1, -0.05) is 30.7 Å². The second kappa shape index (κ2) is 7.79. The van der Waals surface area contributed by atoms with Crippen LogP contribution in [0, 0.1) is 6.92 Å². The van der Waals surface area contributed by atoms with E-state index < -0.39 is 0 Å². The largest absolute Gasteiger partial charge is 0.503 e. The Morgan fingerprint density at radius 1 is 1.20 bits per heavy atom. The molecule has 0 aliphatic heterocycles. The van der Waals surface area contributed by atoms with E-state index in [0.29, 0.717) is 6.54 Å². The summed E-state index contributed by atoms with van der Waals surface area (Å²) in [7, 11) is 0. The average Bonchev–Trinajstić information content (AvgIpc) is 3.14. The summed E-state index contributed by atoms with van der Waals surface area (Å²) in [6.45, 7) is 2.70. The van der Waals surface area contributed by atoms with E-state index in [1.54, 1.807) is 23.0 Å². The smallest absolute Gasteiger partial charge is 0.292 e. The van der Waals surface area contributed by atoms with Crippen molar-refractivity contribution in [3.05, 3.63) is 76.0 Å². The summed E-state index contributed by atoms with van der Waals surface area (Å²) in [6.07, 6.45) is 6.19. The van der Waals surface area contributed by atoms with Crippen LogP contribution in [0.4, 0.5) is 0 Å². The highest BCUT2D eigenvalue weighted by Gasteiger charge is 2.18. The van der Waals surface area contributed by atoms with Gasteiger partial charge in [0.15, 0.2) is 5.75 Å². The van der Waals surface area contributed by atoms with Gasteiger partial charge in [-0.25, -0.2) is 0 Å². The first-order valence-electron chi connectivity index (χ1n) is 8.46. The third-order valence-corrected chi connectivity index (χ3v) is 4.50. The molecule has 1 unspecified atom stereocenters. The van der Waals surface area contributed by atoms with Gasteiger partial charge in [0.1, 0.15) is 0 Å². The molecule has 0 saturated carbocycles. The molecule has 0 aliphatic carbocycles. The van der Waals surface area contributed by atoms with Crippen molar-refractivity contribution in [1.82, 2.24) is 20.0 Å². The van der Waals surface area contributed by atoms with Crippen LogP contribution in [0.15, 0.2) is 53.6 Å². The lowest BCUT2D eigenvalue weighted by Gasteiger charge is -2.17. The monoisotopic (exact) mass is 338 g/mol. The second-order valence-electron chi connectivity index (χ2n) is 6.19. The highest BCUT2D eigenvalue weighted by atomic mass is 16.3. The zero-order valence-electron chi connectivity index (χ0n) is 14.2. The van der Waals surface area contributed by atoms with Gasteiger partial charge in [-0.15, -0.1) is 0 Å². The van der Waals surface area contributed by atoms with Gasteiger partial charge in [0.25, 0.3) is 5.56 Å². The standard InChI is InChI=1S/C19H22N4O2/c1-14-7-2-3-8-15(14)16(17-13-20-22-21-17)9-4-5-11-23-12-6-10-18(24)19(23)25/h2-3,6-8,10,12-13,16,24H,4-5,9,11H2,1H3,(H,20,21,22).